The van der Waals surface area contributed by atoms with Crippen LogP contribution in [0.15, 0.2) is 46.3 Å². The number of hydrogen-bond acceptors (Lipinski definition) is 5. The zero-order valence-electron chi connectivity index (χ0n) is 11.4. The lowest BCUT2D eigenvalue weighted by molar-refractivity contribution is 0.466. The van der Waals surface area contributed by atoms with Crippen LogP contribution in [0, 0.1) is 5.82 Å². The van der Waals surface area contributed by atoms with Crippen molar-refractivity contribution < 1.29 is 8.81 Å². The molecule has 21 heavy (non-hydrogen) atoms. The van der Waals surface area contributed by atoms with Gasteiger partial charge in [0.25, 0.3) is 11.1 Å². The zero-order valence-corrected chi connectivity index (χ0v) is 12.2. The van der Waals surface area contributed by atoms with Gasteiger partial charge in [0.05, 0.1) is 11.8 Å². The SMILES string of the molecule is CCn1cc(-c2nnc(SCc3ccc(F)cc3)o2)cn1. The van der Waals surface area contributed by atoms with Crippen LogP contribution in [0.1, 0.15) is 12.5 Å². The lowest BCUT2D eigenvalue weighted by Gasteiger charge is -1.97. The van der Waals surface area contributed by atoms with Crippen molar-refractivity contribution >= 4 is 11.8 Å². The van der Waals surface area contributed by atoms with Crippen LogP contribution in [0.5, 0.6) is 0 Å². The van der Waals surface area contributed by atoms with Gasteiger partial charge in [-0.1, -0.05) is 23.9 Å². The number of nitrogens with zero attached hydrogens (tertiary/aromatic N) is 4. The minimum atomic E-state index is -0.239. The molecule has 2 aromatic heterocycles. The molecule has 0 aliphatic heterocycles. The Kier molecular flexibility index (Phi) is 4.01. The Morgan fingerprint density at radius 3 is 2.76 bits per heavy atom. The summed E-state index contributed by atoms with van der Waals surface area (Å²) in [6.07, 6.45) is 3.56. The van der Waals surface area contributed by atoms with Gasteiger partial charge in [0.2, 0.25) is 0 Å². The van der Waals surface area contributed by atoms with Gasteiger partial charge in [0, 0.05) is 18.5 Å². The van der Waals surface area contributed by atoms with Crippen LogP contribution in [0.4, 0.5) is 4.39 Å². The van der Waals surface area contributed by atoms with Crippen LogP contribution in [0.3, 0.4) is 0 Å². The van der Waals surface area contributed by atoms with Crippen molar-refractivity contribution in [1.82, 2.24) is 20.0 Å². The molecule has 0 amide bonds. The number of aromatic nitrogens is 4. The minimum Gasteiger partial charge on any atom is -0.411 e. The number of thioether (sulfide) groups is 1. The quantitative estimate of drug-likeness (QED) is 0.676. The predicted molar refractivity (Wildman–Crippen MR) is 77.2 cm³/mol. The molecule has 1 aromatic carbocycles. The van der Waals surface area contributed by atoms with Gasteiger partial charge in [0.1, 0.15) is 5.82 Å². The van der Waals surface area contributed by atoms with E-state index in [9.17, 15) is 4.39 Å². The van der Waals surface area contributed by atoms with E-state index in [2.05, 4.69) is 15.3 Å². The predicted octanol–water partition coefficient (Wildman–Crippen LogP) is 3.38. The summed E-state index contributed by atoms with van der Waals surface area (Å²) in [6, 6.07) is 6.36. The Bertz CT molecular complexity index is 723. The fourth-order valence-corrected chi connectivity index (χ4v) is 2.48. The summed E-state index contributed by atoms with van der Waals surface area (Å²) in [4.78, 5) is 0. The average molecular weight is 304 g/mol. The molecule has 0 unspecified atom stereocenters. The molecule has 0 aliphatic rings. The van der Waals surface area contributed by atoms with Gasteiger partial charge in [-0.2, -0.15) is 5.10 Å². The van der Waals surface area contributed by atoms with E-state index < -0.39 is 0 Å². The van der Waals surface area contributed by atoms with Gasteiger partial charge in [0.15, 0.2) is 0 Å². The molecule has 0 saturated heterocycles. The first-order chi connectivity index (χ1) is 10.2. The van der Waals surface area contributed by atoms with E-state index in [1.807, 2.05) is 13.1 Å². The molecular formula is C14H13FN4OS. The molecule has 0 atom stereocenters. The Hall–Kier alpha value is -2.15. The molecule has 0 bridgehead atoms. The number of aryl methyl sites for hydroxylation is 1. The molecule has 0 saturated carbocycles. The highest BCUT2D eigenvalue weighted by atomic mass is 32.2. The van der Waals surface area contributed by atoms with Crippen LogP contribution < -0.4 is 0 Å². The maximum atomic E-state index is 12.8. The molecule has 0 spiro atoms. The highest BCUT2D eigenvalue weighted by molar-refractivity contribution is 7.98. The monoisotopic (exact) mass is 304 g/mol. The molecule has 7 heteroatoms. The Morgan fingerprint density at radius 2 is 2.05 bits per heavy atom. The van der Waals surface area contributed by atoms with E-state index >= 15 is 0 Å². The average Bonchev–Trinajstić information content (AvgIpc) is 3.15. The summed E-state index contributed by atoms with van der Waals surface area (Å²) in [5.74, 6) is 0.865. The first kappa shape index (κ1) is 13.8. The number of benzene rings is 1. The van der Waals surface area contributed by atoms with E-state index in [1.165, 1.54) is 23.9 Å². The molecule has 0 fully saturated rings. The van der Waals surface area contributed by atoms with Crippen molar-refractivity contribution in [3.05, 3.63) is 48.0 Å². The van der Waals surface area contributed by atoms with Crippen molar-refractivity contribution in [3.8, 4) is 11.5 Å². The maximum absolute atomic E-state index is 12.8. The molecule has 0 radical (unpaired) electrons. The van der Waals surface area contributed by atoms with Gasteiger partial charge in [-0.3, -0.25) is 4.68 Å². The summed E-state index contributed by atoms with van der Waals surface area (Å²) in [7, 11) is 0. The summed E-state index contributed by atoms with van der Waals surface area (Å²) in [5.41, 5.74) is 1.80. The normalized spacial score (nSPS) is 11.0. The Labute approximate surface area is 125 Å². The molecule has 5 nitrogen and oxygen atoms in total. The second kappa shape index (κ2) is 6.09. The van der Waals surface area contributed by atoms with Gasteiger partial charge in [-0.15, -0.1) is 10.2 Å². The van der Waals surface area contributed by atoms with Crippen LogP contribution in [-0.2, 0) is 12.3 Å². The third-order valence-corrected chi connectivity index (χ3v) is 3.78. The summed E-state index contributed by atoms with van der Waals surface area (Å²) >= 11 is 1.42. The summed E-state index contributed by atoms with van der Waals surface area (Å²) < 4.78 is 20.2. The lowest BCUT2D eigenvalue weighted by atomic mass is 10.2. The molecule has 3 rings (SSSR count). The van der Waals surface area contributed by atoms with E-state index in [0.717, 1.165) is 17.7 Å². The van der Waals surface area contributed by atoms with Crippen LogP contribution in [0.2, 0.25) is 0 Å². The van der Waals surface area contributed by atoms with Crippen molar-refractivity contribution in [1.29, 1.82) is 0 Å². The first-order valence-corrected chi connectivity index (χ1v) is 7.46. The molecule has 108 valence electrons. The zero-order chi connectivity index (χ0) is 14.7. The van der Waals surface area contributed by atoms with Crippen LogP contribution in [-0.4, -0.2) is 20.0 Å². The highest BCUT2D eigenvalue weighted by Gasteiger charge is 2.11. The molecule has 2 heterocycles. The van der Waals surface area contributed by atoms with E-state index in [4.69, 9.17) is 4.42 Å². The third kappa shape index (κ3) is 3.30. The van der Waals surface area contributed by atoms with Gasteiger partial charge >= 0.3 is 0 Å². The van der Waals surface area contributed by atoms with Crippen LogP contribution >= 0.6 is 11.8 Å². The van der Waals surface area contributed by atoms with Gasteiger partial charge < -0.3 is 4.42 Å². The van der Waals surface area contributed by atoms with Gasteiger partial charge in [-0.05, 0) is 24.6 Å². The van der Waals surface area contributed by atoms with E-state index in [0.29, 0.717) is 16.9 Å². The van der Waals surface area contributed by atoms with E-state index in [1.54, 1.807) is 23.0 Å². The topological polar surface area (TPSA) is 56.7 Å². The molecular weight excluding hydrogens is 291 g/mol. The number of hydrogen-bond donors (Lipinski definition) is 0. The smallest absolute Gasteiger partial charge is 0.277 e. The Balaban J connectivity index is 1.66. The largest absolute Gasteiger partial charge is 0.411 e. The van der Waals surface area contributed by atoms with E-state index in [-0.39, 0.29) is 5.82 Å². The maximum Gasteiger partial charge on any atom is 0.277 e. The summed E-state index contributed by atoms with van der Waals surface area (Å²) in [6.45, 7) is 2.80. The standard InChI is InChI=1S/C14H13FN4OS/c1-2-19-8-11(7-16-19)13-17-18-14(20-13)21-9-10-3-5-12(15)6-4-10/h3-8H,2,9H2,1H3. The highest BCUT2D eigenvalue weighted by Crippen LogP contribution is 2.25. The summed E-state index contributed by atoms with van der Waals surface area (Å²) in [5, 5.41) is 12.7. The second-order valence-corrected chi connectivity index (χ2v) is 5.30. The van der Waals surface area contributed by atoms with Crippen molar-refractivity contribution in [2.45, 2.75) is 24.4 Å². The van der Waals surface area contributed by atoms with Crippen LogP contribution in [0.25, 0.3) is 11.5 Å². The number of rotatable bonds is 5. The molecule has 0 N–H and O–H groups in total. The molecule has 3 aromatic rings. The third-order valence-electron chi connectivity index (χ3n) is 2.89. The lowest BCUT2D eigenvalue weighted by Crippen LogP contribution is -1.91. The second-order valence-electron chi connectivity index (χ2n) is 4.37. The van der Waals surface area contributed by atoms with Gasteiger partial charge in [-0.25, -0.2) is 4.39 Å². The van der Waals surface area contributed by atoms with Crippen molar-refractivity contribution in [2.75, 3.05) is 0 Å². The minimum absolute atomic E-state index is 0.239. The number of halogens is 1. The first-order valence-electron chi connectivity index (χ1n) is 6.48. The fraction of sp³-hybridized carbons (Fsp3) is 0.214. The van der Waals surface area contributed by atoms with Crippen molar-refractivity contribution in [2.24, 2.45) is 0 Å². The molecule has 0 aliphatic carbocycles. The van der Waals surface area contributed by atoms with Crippen molar-refractivity contribution in [3.63, 3.8) is 0 Å². The fourth-order valence-electron chi connectivity index (χ4n) is 1.76. The Morgan fingerprint density at radius 1 is 1.24 bits per heavy atom.